The number of anilines is 1. The van der Waals surface area contributed by atoms with Crippen LogP contribution in [0.3, 0.4) is 0 Å². The number of nitrogens with two attached hydrogens (primary N) is 1. The van der Waals surface area contributed by atoms with Crippen molar-refractivity contribution in [3.05, 3.63) is 40.8 Å². The number of hydrazine groups is 1. The third kappa shape index (κ3) is 7.76. The van der Waals surface area contributed by atoms with Crippen LogP contribution in [0.15, 0.2) is 39.5 Å². The van der Waals surface area contributed by atoms with Crippen molar-refractivity contribution in [2.24, 2.45) is 5.84 Å². The van der Waals surface area contributed by atoms with Crippen molar-refractivity contribution < 1.29 is 4.42 Å². The van der Waals surface area contributed by atoms with E-state index >= 15 is 0 Å². The third-order valence-corrected chi connectivity index (χ3v) is 5.19. The average Bonchev–Trinajstić information content (AvgIpc) is 2.68. The molecule has 1 aromatic heterocycles. The van der Waals surface area contributed by atoms with Crippen LogP contribution in [0.4, 0.5) is 5.69 Å². The molecule has 1 heterocycles. The topological polar surface area (TPSA) is 59.5 Å². The summed E-state index contributed by atoms with van der Waals surface area (Å²) >= 11 is 0. The van der Waals surface area contributed by atoms with Crippen molar-refractivity contribution in [3.63, 3.8) is 0 Å². The molecule has 0 aliphatic heterocycles. The fourth-order valence-corrected chi connectivity index (χ4v) is 3.58. The lowest BCUT2D eigenvalue weighted by Crippen LogP contribution is -2.32. The van der Waals surface area contributed by atoms with E-state index in [0.717, 1.165) is 24.0 Å². The highest BCUT2D eigenvalue weighted by atomic mass is 16.4. The van der Waals surface area contributed by atoms with Crippen molar-refractivity contribution in [3.8, 4) is 0 Å². The quantitative estimate of drug-likeness (QED) is 0.186. The molecule has 0 bridgehead atoms. The predicted molar refractivity (Wildman–Crippen MR) is 115 cm³/mol. The first-order chi connectivity index (χ1) is 13.2. The van der Waals surface area contributed by atoms with Crippen LogP contribution in [-0.4, -0.2) is 6.54 Å². The predicted octanol–water partition coefficient (Wildman–Crippen LogP) is 6.17. The highest BCUT2D eigenvalue weighted by Crippen LogP contribution is 2.23. The Kier molecular flexibility index (Phi) is 9.99. The summed E-state index contributed by atoms with van der Waals surface area (Å²) in [6.07, 6.45) is 15.9. The molecule has 0 saturated heterocycles. The fourth-order valence-electron chi connectivity index (χ4n) is 3.58. The Labute approximate surface area is 163 Å². The molecule has 2 rings (SSSR count). The van der Waals surface area contributed by atoms with Gasteiger partial charge in [0.05, 0.1) is 5.69 Å². The number of nitrogens with zero attached hydrogens (tertiary/aromatic N) is 1. The minimum atomic E-state index is -0.353. The van der Waals surface area contributed by atoms with E-state index < -0.39 is 0 Å². The number of hydrogen-bond acceptors (Lipinski definition) is 4. The lowest BCUT2D eigenvalue weighted by atomic mass is 10.1. The molecule has 0 amide bonds. The maximum absolute atomic E-state index is 11.7. The van der Waals surface area contributed by atoms with Crippen molar-refractivity contribution >= 4 is 16.7 Å². The molecule has 0 radical (unpaired) electrons. The summed E-state index contributed by atoms with van der Waals surface area (Å²) in [5.41, 5.74) is 0.990. The van der Waals surface area contributed by atoms with Gasteiger partial charge >= 0.3 is 5.63 Å². The highest BCUT2D eigenvalue weighted by Gasteiger charge is 2.09. The molecule has 2 N–H and O–H groups in total. The van der Waals surface area contributed by atoms with Crippen LogP contribution in [0.5, 0.6) is 0 Å². The van der Waals surface area contributed by atoms with Gasteiger partial charge in [0.1, 0.15) is 5.58 Å². The smallest absolute Gasteiger partial charge is 0.338 e. The monoisotopic (exact) mass is 372 g/mol. The molecular formula is C23H36N2O2. The van der Waals surface area contributed by atoms with Crippen LogP contribution in [0.25, 0.3) is 11.0 Å². The second kappa shape index (κ2) is 12.6. The van der Waals surface area contributed by atoms with Gasteiger partial charge in [0.25, 0.3) is 0 Å². The molecule has 4 heteroatoms. The lowest BCUT2D eigenvalue weighted by Gasteiger charge is -2.19. The summed E-state index contributed by atoms with van der Waals surface area (Å²) in [6, 6.07) is 9.03. The minimum Gasteiger partial charge on any atom is -0.423 e. The average molecular weight is 373 g/mol. The van der Waals surface area contributed by atoms with Crippen molar-refractivity contribution in [2.45, 2.75) is 84.0 Å². The number of hydrogen-bond donors (Lipinski definition) is 1. The number of rotatable bonds is 14. The Morgan fingerprint density at radius 2 is 1.41 bits per heavy atom. The van der Waals surface area contributed by atoms with Crippen LogP contribution in [0.1, 0.15) is 84.0 Å². The first-order valence-electron chi connectivity index (χ1n) is 10.8. The molecule has 27 heavy (non-hydrogen) atoms. The first-order valence-corrected chi connectivity index (χ1v) is 10.8. The Balaban J connectivity index is 1.59. The van der Waals surface area contributed by atoms with E-state index in [2.05, 4.69) is 6.92 Å². The summed E-state index contributed by atoms with van der Waals surface area (Å²) in [5.74, 6) is 6.21. The zero-order valence-corrected chi connectivity index (χ0v) is 16.9. The molecular weight excluding hydrogens is 336 g/mol. The maximum atomic E-state index is 11.7. The molecule has 0 atom stereocenters. The normalized spacial score (nSPS) is 11.2. The zero-order chi connectivity index (χ0) is 19.3. The van der Waals surface area contributed by atoms with Gasteiger partial charge in [-0.15, -0.1) is 0 Å². The van der Waals surface area contributed by atoms with Crippen LogP contribution in [0, 0.1) is 0 Å². The number of para-hydroxylation sites is 1. The second-order valence-corrected chi connectivity index (χ2v) is 7.53. The van der Waals surface area contributed by atoms with Gasteiger partial charge in [-0.1, -0.05) is 89.7 Å². The maximum Gasteiger partial charge on any atom is 0.338 e. The number of benzene rings is 1. The van der Waals surface area contributed by atoms with E-state index in [0.29, 0.717) is 5.58 Å². The molecule has 0 unspecified atom stereocenters. The molecule has 2 aromatic rings. The Hall–Kier alpha value is -1.81. The van der Waals surface area contributed by atoms with Gasteiger partial charge < -0.3 is 9.43 Å². The number of unbranched alkanes of at least 4 members (excludes halogenated alkanes) is 11. The van der Waals surface area contributed by atoms with E-state index in [-0.39, 0.29) is 5.63 Å². The summed E-state index contributed by atoms with van der Waals surface area (Å²) < 4.78 is 5.23. The summed E-state index contributed by atoms with van der Waals surface area (Å²) in [6.45, 7) is 3.02. The third-order valence-electron chi connectivity index (χ3n) is 5.19. The first kappa shape index (κ1) is 21.5. The summed E-state index contributed by atoms with van der Waals surface area (Å²) in [4.78, 5) is 11.7. The molecule has 0 spiro atoms. The fraction of sp³-hybridized carbons (Fsp3) is 0.609. The second-order valence-electron chi connectivity index (χ2n) is 7.53. The van der Waals surface area contributed by atoms with Gasteiger partial charge in [-0.05, 0) is 18.6 Å². The van der Waals surface area contributed by atoms with Crippen molar-refractivity contribution in [1.82, 2.24) is 0 Å². The van der Waals surface area contributed by atoms with Crippen LogP contribution < -0.4 is 16.5 Å². The van der Waals surface area contributed by atoms with Gasteiger partial charge in [0, 0.05) is 18.0 Å². The van der Waals surface area contributed by atoms with Crippen molar-refractivity contribution in [1.29, 1.82) is 0 Å². The molecule has 0 saturated carbocycles. The van der Waals surface area contributed by atoms with Crippen molar-refractivity contribution in [2.75, 3.05) is 11.6 Å². The van der Waals surface area contributed by atoms with Gasteiger partial charge in [-0.2, -0.15) is 0 Å². The highest BCUT2D eigenvalue weighted by molar-refractivity contribution is 5.89. The van der Waals surface area contributed by atoms with Gasteiger partial charge in [-0.3, -0.25) is 0 Å². The van der Waals surface area contributed by atoms with E-state index in [1.54, 1.807) is 11.1 Å². The van der Waals surface area contributed by atoms with Gasteiger partial charge in [0.15, 0.2) is 0 Å². The molecule has 0 aliphatic rings. The largest absolute Gasteiger partial charge is 0.423 e. The standard InChI is InChI=1S/C23H36N2O2/c1-2-3-4-5-6-7-8-9-10-11-12-15-18-25(24)21-19-23(26)27-22-17-14-13-16-20(21)22/h13-14,16-17,19H,2-12,15,18,24H2,1H3. The number of fused-ring (bicyclic) bond motifs is 1. The van der Waals surface area contributed by atoms with Crippen LogP contribution in [-0.2, 0) is 0 Å². The van der Waals surface area contributed by atoms with Crippen LogP contribution >= 0.6 is 0 Å². The molecule has 4 nitrogen and oxygen atoms in total. The molecule has 0 aliphatic carbocycles. The van der Waals surface area contributed by atoms with Crippen LogP contribution in [0.2, 0.25) is 0 Å². The summed E-state index contributed by atoms with van der Waals surface area (Å²) in [7, 11) is 0. The Morgan fingerprint density at radius 3 is 2.04 bits per heavy atom. The Morgan fingerprint density at radius 1 is 0.852 bits per heavy atom. The Bertz CT molecular complexity index is 711. The lowest BCUT2D eigenvalue weighted by molar-refractivity contribution is 0.542. The zero-order valence-electron chi connectivity index (χ0n) is 16.9. The molecule has 150 valence electrons. The van der Waals surface area contributed by atoms with Gasteiger partial charge in [0.2, 0.25) is 0 Å². The SMILES string of the molecule is CCCCCCCCCCCCCCN(N)c1cc(=O)oc2ccccc12. The van der Waals surface area contributed by atoms with E-state index in [9.17, 15) is 4.79 Å². The van der Waals surface area contributed by atoms with Gasteiger partial charge in [-0.25, -0.2) is 10.6 Å². The molecule has 1 aromatic carbocycles. The summed E-state index contributed by atoms with van der Waals surface area (Å²) in [5, 5.41) is 2.58. The van der Waals surface area contributed by atoms with E-state index in [1.165, 1.54) is 76.7 Å². The van der Waals surface area contributed by atoms with E-state index in [1.807, 2.05) is 18.2 Å². The van der Waals surface area contributed by atoms with E-state index in [4.69, 9.17) is 10.3 Å². The molecule has 0 fully saturated rings. The minimum absolute atomic E-state index is 0.353.